The number of hydrogen-bond acceptors (Lipinski definition) is 3. The van der Waals surface area contributed by atoms with Gasteiger partial charge in [0.25, 0.3) is 0 Å². The van der Waals surface area contributed by atoms with E-state index in [0.717, 1.165) is 32.4 Å². The second kappa shape index (κ2) is 4.49. The van der Waals surface area contributed by atoms with E-state index < -0.39 is 0 Å². The zero-order chi connectivity index (χ0) is 10.8. The molecule has 0 aromatic rings. The van der Waals surface area contributed by atoms with Crippen molar-refractivity contribution in [3.63, 3.8) is 0 Å². The van der Waals surface area contributed by atoms with Crippen LogP contribution in [0.25, 0.3) is 0 Å². The van der Waals surface area contributed by atoms with Gasteiger partial charge < -0.3 is 15.0 Å². The van der Waals surface area contributed by atoms with Crippen molar-refractivity contribution in [3.05, 3.63) is 0 Å². The summed E-state index contributed by atoms with van der Waals surface area (Å²) in [5.41, 5.74) is 0. The van der Waals surface area contributed by atoms with Crippen molar-refractivity contribution < 1.29 is 9.53 Å². The molecular weight excluding hydrogens is 192 g/mol. The summed E-state index contributed by atoms with van der Waals surface area (Å²) in [6, 6.07) is 0.308. The van der Waals surface area contributed by atoms with Crippen molar-refractivity contribution in [2.24, 2.45) is 0 Å². The van der Waals surface area contributed by atoms with Crippen molar-refractivity contribution >= 4 is 5.91 Å². The van der Waals surface area contributed by atoms with Crippen LogP contribution in [0.1, 0.15) is 26.2 Å². The number of nitrogens with one attached hydrogen (secondary N) is 1. The highest BCUT2D eigenvalue weighted by Gasteiger charge is 2.34. The lowest BCUT2D eigenvalue weighted by Crippen LogP contribution is -2.48. The van der Waals surface area contributed by atoms with Gasteiger partial charge in [-0.2, -0.15) is 0 Å². The highest BCUT2D eigenvalue weighted by molar-refractivity contribution is 5.82. The van der Waals surface area contributed by atoms with Crippen LogP contribution in [0, 0.1) is 0 Å². The Labute approximate surface area is 91.0 Å². The molecule has 0 radical (unpaired) electrons. The van der Waals surface area contributed by atoms with Crippen LogP contribution >= 0.6 is 0 Å². The van der Waals surface area contributed by atoms with Gasteiger partial charge in [0.15, 0.2) is 0 Å². The predicted octanol–water partition coefficient (Wildman–Crippen LogP) is 0.374. The lowest BCUT2D eigenvalue weighted by atomic mass is 10.1. The van der Waals surface area contributed by atoms with Crippen LogP contribution in [0.2, 0.25) is 0 Å². The molecule has 4 heteroatoms. The first-order valence-electron chi connectivity index (χ1n) is 5.82. The summed E-state index contributed by atoms with van der Waals surface area (Å²) in [4.78, 5) is 14.0. The molecule has 0 bridgehead atoms. The summed E-state index contributed by atoms with van der Waals surface area (Å²) in [7, 11) is 1.90. The fraction of sp³-hybridized carbons (Fsp3) is 0.909. The van der Waals surface area contributed by atoms with Crippen LogP contribution in [-0.4, -0.2) is 49.2 Å². The first-order chi connectivity index (χ1) is 7.20. The quantitative estimate of drug-likeness (QED) is 0.719. The Balaban J connectivity index is 1.94. The maximum atomic E-state index is 12.1. The summed E-state index contributed by atoms with van der Waals surface area (Å²) in [5.74, 6) is 0.231. The third-order valence-corrected chi connectivity index (χ3v) is 3.54. The number of hydrogen-bond donors (Lipinski definition) is 1. The van der Waals surface area contributed by atoms with Crippen molar-refractivity contribution in [3.8, 4) is 0 Å². The van der Waals surface area contributed by atoms with Gasteiger partial charge in [-0.05, 0) is 32.7 Å². The van der Waals surface area contributed by atoms with Crippen LogP contribution in [0.15, 0.2) is 0 Å². The SMILES string of the molecule is CC1OCCC1N(C)C(=O)[C@@H]1CCCN1. The summed E-state index contributed by atoms with van der Waals surface area (Å²) in [6.45, 7) is 3.80. The van der Waals surface area contributed by atoms with Crippen molar-refractivity contribution in [2.45, 2.75) is 44.4 Å². The van der Waals surface area contributed by atoms with E-state index in [2.05, 4.69) is 5.32 Å². The number of likely N-dealkylation sites (N-methyl/N-ethyl adjacent to an activating group) is 1. The van der Waals surface area contributed by atoms with Crippen molar-refractivity contribution in [2.75, 3.05) is 20.2 Å². The topological polar surface area (TPSA) is 41.6 Å². The van der Waals surface area contributed by atoms with E-state index in [9.17, 15) is 4.79 Å². The molecule has 2 aliphatic heterocycles. The first-order valence-corrected chi connectivity index (χ1v) is 5.82. The Morgan fingerprint density at radius 2 is 2.27 bits per heavy atom. The van der Waals surface area contributed by atoms with Crippen LogP contribution < -0.4 is 5.32 Å². The number of rotatable bonds is 2. The standard InChI is InChI=1S/C11H20N2O2/c1-8-10(5-7-15-8)13(2)11(14)9-4-3-6-12-9/h8-10,12H,3-7H2,1-2H3/t8?,9-,10?/m0/s1. The molecule has 15 heavy (non-hydrogen) atoms. The summed E-state index contributed by atoms with van der Waals surface area (Å²) in [5, 5.41) is 3.24. The molecule has 0 aromatic carbocycles. The van der Waals surface area contributed by atoms with Crippen LogP contribution in [0.3, 0.4) is 0 Å². The molecule has 2 unspecified atom stereocenters. The van der Waals surface area contributed by atoms with Gasteiger partial charge in [0.2, 0.25) is 5.91 Å². The monoisotopic (exact) mass is 212 g/mol. The number of carbonyl (C=O) groups excluding carboxylic acids is 1. The molecule has 0 spiro atoms. The Kier molecular flexibility index (Phi) is 3.26. The third kappa shape index (κ3) is 2.16. The molecule has 4 nitrogen and oxygen atoms in total. The van der Waals surface area contributed by atoms with E-state index in [1.54, 1.807) is 0 Å². The summed E-state index contributed by atoms with van der Waals surface area (Å²) >= 11 is 0. The van der Waals surface area contributed by atoms with Gasteiger partial charge in [-0.25, -0.2) is 0 Å². The molecule has 0 aliphatic carbocycles. The van der Waals surface area contributed by atoms with E-state index in [0.29, 0.717) is 0 Å². The minimum Gasteiger partial charge on any atom is -0.376 e. The largest absolute Gasteiger partial charge is 0.376 e. The molecule has 0 aromatic heterocycles. The average Bonchev–Trinajstić information content (AvgIpc) is 2.85. The fourth-order valence-electron chi connectivity index (χ4n) is 2.53. The van der Waals surface area contributed by atoms with E-state index in [1.807, 2.05) is 18.9 Å². The smallest absolute Gasteiger partial charge is 0.239 e. The Hall–Kier alpha value is -0.610. The second-order valence-electron chi connectivity index (χ2n) is 4.53. The summed E-state index contributed by atoms with van der Waals surface area (Å²) in [6.07, 6.45) is 3.24. The Morgan fingerprint density at radius 1 is 1.47 bits per heavy atom. The molecule has 3 atom stereocenters. The normalized spacial score (nSPS) is 35.7. The maximum absolute atomic E-state index is 12.1. The Bertz CT molecular complexity index is 239. The van der Waals surface area contributed by atoms with Gasteiger partial charge in [-0.15, -0.1) is 0 Å². The molecule has 86 valence electrons. The molecule has 1 N–H and O–H groups in total. The molecule has 0 saturated carbocycles. The van der Waals surface area contributed by atoms with Gasteiger partial charge in [-0.3, -0.25) is 4.79 Å². The third-order valence-electron chi connectivity index (χ3n) is 3.54. The van der Waals surface area contributed by atoms with Crippen molar-refractivity contribution in [1.29, 1.82) is 0 Å². The van der Waals surface area contributed by atoms with Gasteiger partial charge in [0.05, 0.1) is 18.2 Å². The molecular formula is C11H20N2O2. The minimum atomic E-state index is 0.0443. The zero-order valence-electron chi connectivity index (χ0n) is 9.53. The van der Waals surface area contributed by atoms with E-state index in [-0.39, 0.29) is 24.1 Å². The zero-order valence-corrected chi connectivity index (χ0v) is 9.53. The molecule has 2 heterocycles. The Morgan fingerprint density at radius 3 is 2.80 bits per heavy atom. The first kappa shape index (κ1) is 10.9. The minimum absolute atomic E-state index is 0.0443. The van der Waals surface area contributed by atoms with Crippen LogP contribution in [-0.2, 0) is 9.53 Å². The van der Waals surface area contributed by atoms with Crippen LogP contribution in [0.4, 0.5) is 0 Å². The fourth-order valence-corrected chi connectivity index (χ4v) is 2.53. The van der Waals surface area contributed by atoms with Gasteiger partial charge in [0, 0.05) is 13.7 Å². The van der Waals surface area contributed by atoms with Crippen molar-refractivity contribution in [1.82, 2.24) is 10.2 Å². The number of amides is 1. The van der Waals surface area contributed by atoms with Crippen LogP contribution in [0.5, 0.6) is 0 Å². The van der Waals surface area contributed by atoms with E-state index in [4.69, 9.17) is 4.74 Å². The van der Waals surface area contributed by atoms with Gasteiger partial charge in [0.1, 0.15) is 0 Å². The predicted molar refractivity (Wildman–Crippen MR) is 57.6 cm³/mol. The number of carbonyl (C=O) groups is 1. The molecule has 1 amide bonds. The highest BCUT2D eigenvalue weighted by atomic mass is 16.5. The number of nitrogens with zero attached hydrogens (tertiary/aromatic N) is 1. The number of ether oxygens (including phenoxy) is 1. The molecule has 2 rings (SSSR count). The molecule has 2 fully saturated rings. The molecule has 2 aliphatic rings. The highest BCUT2D eigenvalue weighted by Crippen LogP contribution is 2.20. The maximum Gasteiger partial charge on any atom is 0.239 e. The summed E-state index contributed by atoms with van der Waals surface area (Å²) < 4.78 is 5.49. The molecule has 2 saturated heterocycles. The lowest BCUT2D eigenvalue weighted by Gasteiger charge is -2.29. The average molecular weight is 212 g/mol. The van der Waals surface area contributed by atoms with E-state index >= 15 is 0 Å². The van der Waals surface area contributed by atoms with Gasteiger partial charge in [-0.1, -0.05) is 0 Å². The van der Waals surface area contributed by atoms with Gasteiger partial charge >= 0.3 is 0 Å². The van der Waals surface area contributed by atoms with E-state index in [1.165, 1.54) is 0 Å². The second-order valence-corrected chi connectivity index (χ2v) is 4.53. The lowest BCUT2D eigenvalue weighted by molar-refractivity contribution is -0.134.